The van der Waals surface area contributed by atoms with Crippen molar-refractivity contribution in [3.05, 3.63) is 65.2 Å². The van der Waals surface area contributed by atoms with E-state index in [4.69, 9.17) is 9.84 Å². The van der Waals surface area contributed by atoms with E-state index in [9.17, 15) is 9.59 Å². The van der Waals surface area contributed by atoms with E-state index in [-0.39, 0.29) is 5.56 Å². The van der Waals surface area contributed by atoms with Gasteiger partial charge in [0.15, 0.2) is 6.61 Å². The molecule has 2 aromatic carbocycles. The van der Waals surface area contributed by atoms with Gasteiger partial charge in [0.25, 0.3) is 5.91 Å². The van der Waals surface area contributed by atoms with Crippen LogP contribution in [-0.4, -0.2) is 23.6 Å². The molecular weight excluding hydrogens is 310 g/mol. The highest BCUT2D eigenvalue weighted by Gasteiger charge is 2.13. The smallest absolute Gasteiger partial charge is 0.332 e. The Morgan fingerprint density at radius 1 is 1.04 bits per heavy atom. The predicted octanol–water partition coefficient (Wildman–Crippen LogP) is 2.57. The van der Waals surface area contributed by atoms with Crippen LogP contribution < -0.4 is 10.2 Å². The third-order valence-corrected chi connectivity index (χ3v) is 3.37. The van der Waals surface area contributed by atoms with Gasteiger partial charge in [0.2, 0.25) is 0 Å². The topological polar surface area (TPSA) is 84.9 Å². The fourth-order valence-corrected chi connectivity index (χ4v) is 2.20. The lowest BCUT2D eigenvalue weighted by atomic mass is 10.1. The van der Waals surface area contributed by atoms with Gasteiger partial charge in [0.1, 0.15) is 12.4 Å². The van der Waals surface area contributed by atoms with Gasteiger partial charge in [-0.15, -0.1) is 0 Å². The van der Waals surface area contributed by atoms with E-state index >= 15 is 0 Å². The molecule has 0 unspecified atom stereocenters. The van der Waals surface area contributed by atoms with Crippen LogP contribution in [0.25, 0.3) is 0 Å². The van der Waals surface area contributed by atoms with E-state index < -0.39 is 18.5 Å². The molecule has 2 rings (SSSR count). The number of aliphatic carboxylic acids is 1. The second-order valence-corrected chi connectivity index (χ2v) is 5.02. The largest absolute Gasteiger partial charge is 0.488 e. The van der Waals surface area contributed by atoms with Crippen molar-refractivity contribution < 1.29 is 24.3 Å². The number of nitrogens with one attached hydrogen (secondary N) is 1. The van der Waals surface area contributed by atoms with Crippen molar-refractivity contribution in [3.63, 3.8) is 0 Å². The SMILES string of the molecule is CCc1ccccc1COc1ccccc1C(=O)NOCC(=O)O. The van der Waals surface area contributed by atoms with Gasteiger partial charge in [-0.2, -0.15) is 0 Å². The van der Waals surface area contributed by atoms with Crippen LogP contribution in [0.15, 0.2) is 48.5 Å². The van der Waals surface area contributed by atoms with E-state index in [1.807, 2.05) is 24.3 Å². The van der Waals surface area contributed by atoms with Crippen LogP contribution in [0, 0.1) is 0 Å². The van der Waals surface area contributed by atoms with Crippen molar-refractivity contribution in [2.75, 3.05) is 6.61 Å². The molecule has 0 bridgehead atoms. The third-order valence-electron chi connectivity index (χ3n) is 3.37. The number of hydrogen-bond acceptors (Lipinski definition) is 4. The lowest BCUT2D eigenvalue weighted by Gasteiger charge is -2.13. The van der Waals surface area contributed by atoms with Crippen LogP contribution in [-0.2, 0) is 22.7 Å². The predicted molar refractivity (Wildman–Crippen MR) is 87.6 cm³/mol. The molecule has 0 heterocycles. The first-order valence-electron chi connectivity index (χ1n) is 7.54. The Hall–Kier alpha value is -2.86. The maximum Gasteiger partial charge on any atom is 0.332 e. The molecule has 0 atom stereocenters. The van der Waals surface area contributed by atoms with Crippen molar-refractivity contribution in [2.24, 2.45) is 0 Å². The Morgan fingerprint density at radius 3 is 2.42 bits per heavy atom. The minimum absolute atomic E-state index is 0.275. The van der Waals surface area contributed by atoms with Gasteiger partial charge in [-0.3, -0.25) is 9.63 Å². The molecule has 0 saturated heterocycles. The van der Waals surface area contributed by atoms with E-state index in [0.29, 0.717) is 12.4 Å². The van der Waals surface area contributed by atoms with Crippen LogP contribution in [0.2, 0.25) is 0 Å². The summed E-state index contributed by atoms with van der Waals surface area (Å²) in [4.78, 5) is 27.1. The molecule has 0 radical (unpaired) electrons. The van der Waals surface area contributed by atoms with Crippen molar-refractivity contribution >= 4 is 11.9 Å². The summed E-state index contributed by atoms with van der Waals surface area (Å²) in [5, 5.41) is 8.51. The Labute approximate surface area is 140 Å². The highest BCUT2D eigenvalue weighted by atomic mass is 16.7. The minimum Gasteiger partial charge on any atom is -0.488 e. The third kappa shape index (κ3) is 4.82. The molecule has 1 amide bonds. The number of carboxylic acid groups (broad SMARTS) is 1. The Kier molecular flexibility index (Phi) is 6.33. The van der Waals surface area contributed by atoms with Gasteiger partial charge in [0, 0.05) is 0 Å². The maximum atomic E-state index is 12.1. The van der Waals surface area contributed by atoms with Crippen molar-refractivity contribution in [3.8, 4) is 5.75 Å². The zero-order valence-corrected chi connectivity index (χ0v) is 13.3. The molecule has 0 aliphatic rings. The fourth-order valence-electron chi connectivity index (χ4n) is 2.20. The van der Waals surface area contributed by atoms with Gasteiger partial charge < -0.3 is 9.84 Å². The first-order chi connectivity index (χ1) is 11.6. The summed E-state index contributed by atoms with van der Waals surface area (Å²) in [6.45, 7) is 1.79. The van der Waals surface area contributed by atoms with Crippen LogP contribution in [0.3, 0.4) is 0 Å². The second-order valence-electron chi connectivity index (χ2n) is 5.02. The first-order valence-corrected chi connectivity index (χ1v) is 7.54. The molecule has 0 saturated carbocycles. The molecule has 0 fully saturated rings. The Bertz CT molecular complexity index is 714. The van der Waals surface area contributed by atoms with Crippen molar-refractivity contribution in [2.45, 2.75) is 20.0 Å². The number of hydroxylamine groups is 1. The summed E-state index contributed by atoms with van der Waals surface area (Å²) < 4.78 is 5.78. The Balaban J connectivity index is 2.05. The van der Waals surface area contributed by atoms with Gasteiger partial charge in [-0.05, 0) is 29.7 Å². The van der Waals surface area contributed by atoms with Crippen LogP contribution >= 0.6 is 0 Å². The summed E-state index contributed by atoms with van der Waals surface area (Å²) in [7, 11) is 0. The number of benzene rings is 2. The second kappa shape index (κ2) is 8.69. The molecule has 0 aliphatic carbocycles. The van der Waals surface area contributed by atoms with E-state index in [1.54, 1.807) is 24.3 Å². The number of rotatable bonds is 8. The number of amides is 1. The maximum absolute atomic E-state index is 12.1. The normalized spacial score (nSPS) is 10.2. The number of ether oxygens (including phenoxy) is 1. The van der Waals surface area contributed by atoms with Gasteiger partial charge >= 0.3 is 5.97 Å². The monoisotopic (exact) mass is 329 g/mol. The van der Waals surface area contributed by atoms with Crippen molar-refractivity contribution in [1.82, 2.24) is 5.48 Å². The molecular formula is C18H19NO5. The van der Waals surface area contributed by atoms with Crippen molar-refractivity contribution in [1.29, 1.82) is 0 Å². The quantitative estimate of drug-likeness (QED) is 0.727. The fraction of sp³-hybridized carbons (Fsp3) is 0.222. The molecule has 0 aromatic heterocycles. The highest BCUT2D eigenvalue weighted by molar-refractivity contribution is 5.96. The van der Waals surface area contributed by atoms with Crippen LogP contribution in [0.4, 0.5) is 0 Å². The van der Waals surface area contributed by atoms with E-state index in [1.165, 1.54) is 5.56 Å². The molecule has 24 heavy (non-hydrogen) atoms. The number of carbonyl (C=O) groups excluding carboxylic acids is 1. The number of carboxylic acids is 1. The molecule has 6 nitrogen and oxygen atoms in total. The number of carbonyl (C=O) groups is 2. The summed E-state index contributed by atoms with van der Waals surface area (Å²) in [5.74, 6) is -1.33. The average molecular weight is 329 g/mol. The highest BCUT2D eigenvalue weighted by Crippen LogP contribution is 2.20. The molecule has 6 heteroatoms. The van der Waals surface area contributed by atoms with Crippen LogP contribution in [0.1, 0.15) is 28.4 Å². The summed E-state index contributed by atoms with van der Waals surface area (Å²) in [6, 6.07) is 14.7. The first kappa shape index (κ1) is 17.5. The van der Waals surface area contributed by atoms with Gasteiger partial charge in [-0.1, -0.05) is 43.3 Å². The molecule has 2 N–H and O–H groups in total. The zero-order chi connectivity index (χ0) is 17.4. The summed E-state index contributed by atoms with van der Waals surface area (Å²) >= 11 is 0. The average Bonchev–Trinajstić information content (AvgIpc) is 2.60. The summed E-state index contributed by atoms with van der Waals surface area (Å²) in [6.07, 6.45) is 0.894. The minimum atomic E-state index is -1.17. The number of aryl methyl sites for hydroxylation is 1. The lowest BCUT2D eigenvalue weighted by Crippen LogP contribution is -2.27. The Morgan fingerprint density at radius 2 is 1.71 bits per heavy atom. The molecule has 126 valence electrons. The molecule has 2 aromatic rings. The molecule has 0 aliphatic heterocycles. The summed E-state index contributed by atoms with van der Waals surface area (Å²) in [5.41, 5.74) is 4.60. The van der Waals surface area contributed by atoms with E-state index in [0.717, 1.165) is 12.0 Å². The van der Waals surface area contributed by atoms with Crippen LogP contribution in [0.5, 0.6) is 5.75 Å². The van der Waals surface area contributed by atoms with Gasteiger partial charge in [-0.25, -0.2) is 10.3 Å². The number of hydrogen-bond donors (Lipinski definition) is 2. The standard InChI is InChI=1S/C18H19NO5/c1-2-13-7-3-4-8-14(13)11-23-16-10-6-5-9-15(16)18(22)19-24-12-17(20)21/h3-10H,2,11-12H2,1H3,(H,19,22)(H,20,21). The lowest BCUT2D eigenvalue weighted by molar-refractivity contribution is -0.144. The molecule has 0 spiro atoms. The number of para-hydroxylation sites is 1. The zero-order valence-electron chi connectivity index (χ0n) is 13.3. The van der Waals surface area contributed by atoms with E-state index in [2.05, 4.69) is 17.2 Å². The van der Waals surface area contributed by atoms with Gasteiger partial charge in [0.05, 0.1) is 5.56 Å².